The average molecular weight is 247 g/mol. The number of Topliss-reactive ketones (excluding diaryl/α,β-unsaturated/α-hetero) is 1. The maximum Gasteiger partial charge on any atom is 0.146 e. The summed E-state index contributed by atoms with van der Waals surface area (Å²) in [5, 5.41) is 0. The van der Waals surface area contributed by atoms with Gasteiger partial charge in [0.25, 0.3) is 0 Å². The van der Waals surface area contributed by atoms with E-state index in [2.05, 4.69) is 26.0 Å². The van der Waals surface area contributed by atoms with Gasteiger partial charge < -0.3 is 5.73 Å². The fourth-order valence-electron chi connectivity index (χ4n) is 1.78. The van der Waals surface area contributed by atoms with E-state index in [9.17, 15) is 4.79 Å². The zero-order valence-electron chi connectivity index (χ0n) is 11.8. The molecule has 100 valence electrons. The van der Waals surface area contributed by atoms with Crippen LogP contribution in [0.3, 0.4) is 0 Å². The van der Waals surface area contributed by atoms with Crippen molar-refractivity contribution in [3.8, 4) is 0 Å². The van der Waals surface area contributed by atoms with Crippen LogP contribution in [0.25, 0.3) is 0 Å². The van der Waals surface area contributed by atoms with E-state index in [1.807, 2.05) is 6.07 Å². The lowest BCUT2D eigenvalue weighted by atomic mass is 9.95. The van der Waals surface area contributed by atoms with Gasteiger partial charge in [0, 0.05) is 0 Å². The maximum atomic E-state index is 11.0. The summed E-state index contributed by atoms with van der Waals surface area (Å²) in [6.07, 6.45) is 6.65. The molecule has 0 amide bonds. The highest BCUT2D eigenvalue weighted by Gasteiger charge is 2.11. The highest BCUT2D eigenvalue weighted by molar-refractivity contribution is 5.81. The SMILES string of the molecule is C1CCC1.CC(=O)[C@@H](N)Cc1c(C)cccc1C. The van der Waals surface area contributed by atoms with Gasteiger partial charge in [0.05, 0.1) is 6.04 Å². The normalized spacial score (nSPS) is 15.1. The molecule has 0 heterocycles. The van der Waals surface area contributed by atoms with Crippen molar-refractivity contribution in [3.05, 3.63) is 34.9 Å². The van der Waals surface area contributed by atoms with Gasteiger partial charge in [0.15, 0.2) is 0 Å². The van der Waals surface area contributed by atoms with E-state index >= 15 is 0 Å². The summed E-state index contributed by atoms with van der Waals surface area (Å²) in [5.74, 6) is 0.0488. The van der Waals surface area contributed by atoms with Crippen LogP contribution in [0.5, 0.6) is 0 Å². The number of carbonyl (C=O) groups excluding carboxylic acids is 1. The Bertz CT molecular complexity index is 370. The number of carbonyl (C=O) groups is 1. The Morgan fingerprint density at radius 2 is 1.61 bits per heavy atom. The predicted molar refractivity (Wildman–Crippen MR) is 76.7 cm³/mol. The predicted octanol–water partition coefficient (Wildman–Crippen LogP) is 3.32. The number of aryl methyl sites for hydroxylation is 2. The number of hydrogen-bond acceptors (Lipinski definition) is 2. The fourth-order valence-corrected chi connectivity index (χ4v) is 1.78. The van der Waals surface area contributed by atoms with Crippen LogP contribution < -0.4 is 5.73 Å². The van der Waals surface area contributed by atoms with Gasteiger partial charge in [-0.25, -0.2) is 0 Å². The van der Waals surface area contributed by atoms with Gasteiger partial charge in [-0.05, 0) is 43.9 Å². The zero-order chi connectivity index (χ0) is 13.5. The number of ketones is 1. The minimum Gasteiger partial charge on any atom is -0.321 e. The Kier molecular flexibility index (Phi) is 6.06. The summed E-state index contributed by atoms with van der Waals surface area (Å²) in [5.41, 5.74) is 9.36. The summed E-state index contributed by atoms with van der Waals surface area (Å²) in [6, 6.07) is 5.76. The fraction of sp³-hybridized carbons (Fsp3) is 0.562. The first-order valence-electron chi connectivity index (χ1n) is 6.83. The summed E-state index contributed by atoms with van der Waals surface area (Å²) >= 11 is 0. The molecule has 2 heteroatoms. The average Bonchev–Trinajstić information content (AvgIpc) is 2.20. The van der Waals surface area contributed by atoms with Gasteiger partial charge in [0.1, 0.15) is 5.78 Å². The third-order valence-electron chi connectivity index (χ3n) is 3.59. The van der Waals surface area contributed by atoms with Crippen LogP contribution in [0.2, 0.25) is 0 Å². The molecule has 0 radical (unpaired) electrons. The van der Waals surface area contributed by atoms with Crippen LogP contribution in [0, 0.1) is 13.8 Å². The maximum absolute atomic E-state index is 11.0. The number of hydrogen-bond donors (Lipinski definition) is 1. The molecule has 2 nitrogen and oxygen atoms in total. The molecule has 1 aliphatic rings. The van der Waals surface area contributed by atoms with E-state index in [1.165, 1.54) is 49.3 Å². The van der Waals surface area contributed by atoms with Crippen LogP contribution in [0.4, 0.5) is 0 Å². The van der Waals surface area contributed by atoms with Crippen molar-refractivity contribution in [1.29, 1.82) is 0 Å². The molecule has 1 atom stereocenters. The van der Waals surface area contributed by atoms with Gasteiger partial charge >= 0.3 is 0 Å². The first-order chi connectivity index (χ1) is 8.52. The lowest BCUT2D eigenvalue weighted by Gasteiger charge is -2.12. The van der Waals surface area contributed by atoms with Gasteiger partial charge in [-0.15, -0.1) is 0 Å². The first kappa shape index (κ1) is 14.9. The van der Waals surface area contributed by atoms with Crippen LogP contribution >= 0.6 is 0 Å². The first-order valence-corrected chi connectivity index (χ1v) is 6.83. The second kappa shape index (κ2) is 7.32. The van der Waals surface area contributed by atoms with E-state index in [1.54, 1.807) is 0 Å². The molecule has 1 aromatic rings. The van der Waals surface area contributed by atoms with Crippen molar-refractivity contribution in [2.45, 2.75) is 58.9 Å². The van der Waals surface area contributed by atoms with Gasteiger partial charge in [-0.1, -0.05) is 43.9 Å². The molecule has 0 aromatic heterocycles. The van der Waals surface area contributed by atoms with Crippen molar-refractivity contribution in [2.24, 2.45) is 5.73 Å². The smallest absolute Gasteiger partial charge is 0.146 e. The van der Waals surface area contributed by atoms with Crippen molar-refractivity contribution in [3.63, 3.8) is 0 Å². The van der Waals surface area contributed by atoms with Gasteiger partial charge in [0.2, 0.25) is 0 Å². The molecule has 0 spiro atoms. The second-order valence-electron chi connectivity index (χ2n) is 5.21. The molecule has 0 aliphatic heterocycles. The zero-order valence-corrected chi connectivity index (χ0v) is 11.8. The highest BCUT2D eigenvalue weighted by atomic mass is 16.1. The van der Waals surface area contributed by atoms with Gasteiger partial charge in [-0.3, -0.25) is 4.79 Å². The molecule has 0 saturated heterocycles. The molecule has 1 aromatic carbocycles. The van der Waals surface area contributed by atoms with Gasteiger partial charge in [-0.2, -0.15) is 0 Å². The molecular formula is C16H25NO. The van der Waals surface area contributed by atoms with Crippen molar-refractivity contribution >= 4 is 5.78 Å². The molecule has 1 fully saturated rings. The third kappa shape index (κ3) is 4.61. The van der Waals surface area contributed by atoms with Crippen molar-refractivity contribution in [1.82, 2.24) is 0 Å². The van der Waals surface area contributed by atoms with Crippen LogP contribution in [0.1, 0.15) is 49.3 Å². The topological polar surface area (TPSA) is 43.1 Å². The van der Waals surface area contributed by atoms with E-state index in [4.69, 9.17) is 5.73 Å². The molecule has 2 N–H and O–H groups in total. The largest absolute Gasteiger partial charge is 0.321 e. The number of nitrogens with two attached hydrogens (primary N) is 1. The Hall–Kier alpha value is -1.15. The summed E-state index contributed by atoms with van der Waals surface area (Å²) in [4.78, 5) is 11.0. The Balaban J connectivity index is 0.000000341. The molecule has 18 heavy (non-hydrogen) atoms. The molecule has 0 unspecified atom stereocenters. The molecule has 0 bridgehead atoms. The minimum absolute atomic E-state index is 0.0488. The molecule has 1 aliphatic carbocycles. The third-order valence-corrected chi connectivity index (χ3v) is 3.59. The standard InChI is InChI=1S/C12H17NO.C4H8/c1-8-5-4-6-9(2)11(8)7-12(13)10(3)14;1-2-4-3-1/h4-6,12H,7,13H2,1-3H3;1-4H2/t12-;/m0./s1. The minimum atomic E-state index is -0.366. The van der Waals surface area contributed by atoms with Crippen molar-refractivity contribution in [2.75, 3.05) is 0 Å². The molecular weight excluding hydrogens is 222 g/mol. The highest BCUT2D eigenvalue weighted by Crippen LogP contribution is 2.15. The number of benzene rings is 1. The Morgan fingerprint density at radius 1 is 1.17 bits per heavy atom. The summed E-state index contributed by atoms with van der Waals surface area (Å²) < 4.78 is 0. The summed E-state index contributed by atoms with van der Waals surface area (Å²) in [6.45, 7) is 5.64. The van der Waals surface area contributed by atoms with Crippen LogP contribution in [-0.4, -0.2) is 11.8 Å². The lowest BCUT2D eigenvalue weighted by Crippen LogP contribution is -2.31. The monoisotopic (exact) mass is 247 g/mol. The van der Waals surface area contributed by atoms with E-state index in [-0.39, 0.29) is 11.8 Å². The van der Waals surface area contributed by atoms with E-state index in [0.29, 0.717) is 6.42 Å². The number of rotatable bonds is 3. The van der Waals surface area contributed by atoms with Crippen LogP contribution in [-0.2, 0) is 11.2 Å². The van der Waals surface area contributed by atoms with Crippen LogP contribution in [0.15, 0.2) is 18.2 Å². The van der Waals surface area contributed by atoms with E-state index in [0.717, 1.165) is 0 Å². The molecule has 1 saturated carbocycles. The second-order valence-corrected chi connectivity index (χ2v) is 5.21. The summed E-state index contributed by atoms with van der Waals surface area (Å²) in [7, 11) is 0. The molecule has 2 rings (SSSR count). The quantitative estimate of drug-likeness (QED) is 0.890. The lowest BCUT2D eigenvalue weighted by molar-refractivity contribution is -0.118. The van der Waals surface area contributed by atoms with E-state index < -0.39 is 0 Å². The Morgan fingerprint density at radius 3 is 1.94 bits per heavy atom. The van der Waals surface area contributed by atoms with Crippen molar-refractivity contribution < 1.29 is 4.79 Å². The Labute approximate surface area is 111 Å².